The minimum Gasteiger partial charge on any atom is -0.496 e. The van der Waals surface area contributed by atoms with Gasteiger partial charge in [-0.15, -0.1) is 0 Å². The molecule has 0 radical (unpaired) electrons. The average molecular weight is 250 g/mol. The standard InChI is InChI=1S/C14H22N2O2/c1-4-16(2)14(17)11-15-10-9-12-7-5-6-8-13(12)18-3/h5-8,15H,4,9-11H2,1-3H3. The van der Waals surface area contributed by atoms with E-state index in [9.17, 15) is 4.79 Å². The molecule has 0 aromatic heterocycles. The molecule has 0 unspecified atom stereocenters. The number of likely N-dealkylation sites (N-methyl/N-ethyl adjacent to an activating group) is 1. The molecule has 1 rings (SSSR count). The first-order chi connectivity index (χ1) is 8.69. The van der Waals surface area contributed by atoms with Crippen molar-refractivity contribution in [3.63, 3.8) is 0 Å². The second kappa shape index (κ2) is 7.71. The lowest BCUT2D eigenvalue weighted by Crippen LogP contribution is -2.36. The van der Waals surface area contributed by atoms with Crippen LogP contribution in [-0.4, -0.2) is 44.6 Å². The Bertz CT molecular complexity index is 380. The van der Waals surface area contributed by atoms with E-state index in [1.165, 1.54) is 0 Å². The lowest BCUT2D eigenvalue weighted by atomic mass is 10.1. The van der Waals surface area contributed by atoms with Gasteiger partial charge in [0.2, 0.25) is 5.91 Å². The highest BCUT2D eigenvalue weighted by Crippen LogP contribution is 2.17. The van der Waals surface area contributed by atoms with Gasteiger partial charge < -0.3 is 15.0 Å². The van der Waals surface area contributed by atoms with Crippen LogP contribution in [0.3, 0.4) is 0 Å². The number of nitrogens with one attached hydrogen (secondary N) is 1. The van der Waals surface area contributed by atoms with E-state index in [2.05, 4.69) is 5.32 Å². The highest BCUT2D eigenvalue weighted by Gasteiger charge is 2.06. The zero-order valence-electron chi connectivity index (χ0n) is 11.4. The summed E-state index contributed by atoms with van der Waals surface area (Å²) in [5, 5.41) is 3.15. The van der Waals surface area contributed by atoms with Crippen molar-refractivity contribution in [1.29, 1.82) is 0 Å². The van der Waals surface area contributed by atoms with Gasteiger partial charge in [0.1, 0.15) is 5.75 Å². The van der Waals surface area contributed by atoms with Crippen LogP contribution in [-0.2, 0) is 11.2 Å². The van der Waals surface area contributed by atoms with E-state index < -0.39 is 0 Å². The van der Waals surface area contributed by atoms with E-state index >= 15 is 0 Å². The van der Waals surface area contributed by atoms with E-state index in [1.807, 2.05) is 38.2 Å². The number of carbonyl (C=O) groups is 1. The van der Waals surface area contributed by atoms with Gasteiger partial charge in [-0.3, -0.25) is 4.79 Å². The molecule has 1 aromatic rings. The van der Waals surface area contributed by atoms with Gasteiger partial charge in [0, 0.05) is 13.6 Å². The molecular weight excluding hydrogens is 228 g/mol. The van der Waals surface area contributed by atoms with Crippen LogP contribution in [0, 0.1) is 0 Å². The van der Waals surface area contributed by atoms with Gasteiger partial charge in [-0.25, -0.2) is 0 Å². The molecule has 100 valence electrons. The first kappa shape index (κ1) is 14.5. The first-order valence-corrected chi connectivity index (χ1v) is 6.25. The van der Waals surface area contributed by atoms with Crippen molar-refractivity contribution in [2.45, 2.75) is 13.3 Å². The van der Waals surface area contributed by atoms with Gasteiger partial charge in [0.15, 0.2) is 0 Å². The molecule has 0 bridgehead atoms. The lowest BCUT2D eigenvalue weighted by Gasteiger charge is -2.15. The number of amides is 1. The largest absolute Gasteiger partial charge is 0.496 e. The van der Waals surface area contributed by atoms with Gasteiger partial charge in [-0.2, -0.15) is 0 Å². The summed E-state index contributed by atoms with van der Waals surface area (Å²) in [5.74, 6) is 1.02. The predicted octanol–water partition coefficient (Wildman–Crippen LogP) is 1.31. The fourth-order valence-corrected chi connectivity index (χ4v) is 1.64. The summed E-state index contributed by atoms with van der Waals surface area (Å²) in [6.45, 7) is 3.86. The minimum absolute atomic E-state index is 0.123. The molecule has 0 heterocycles. The summed E-state index contributed by atoms with van der Waals surface area (Å²) in [4.78, 5) is 13.3. The Hall–Kier alpha value is -1.55. The molecule has 1 amide bonds. The van der Waals surface area contributed by atoms with Crippen molar-refractivity contribution >= 4 is 5.91 Å². The molecule has 0 atom stereocenters. The number of methoxy groups -OCH3 is 1. The van der Waals surface area contributed by atoms with E-state index in [-0.39, 0.29) is 5.91 Å². The third-order valence-electron chi connectivity index (χ3n) is 2.94. The average Bonchev–Trinajstić information content (AvgIpc) is 2.42. The maximum atomic E-state index is 11.5. The van der Waals surface area contributed by atoms with Crippen LogP contribution in [0.15, 0.2) is 24.3 Å². The van der Waals surface area contributed by atoms with E-state index in [4.69, 9.17) is 4.74 Å². The van der Waals surface area contributed by atoms with Crippen molar-refractivity contribution < 1.29 is 9.53 Å². The molecule has 4 nitrogen and oxygen atoms in total. The molecule has 1 aromatic carbocycles. The Morgan fingerprint density at radius 1 is 1.39 bits per heavy atom. The predicted molar refractivity (Wildman–Crippen MR) is 72.9 cm³/mol. The number of hydrogen-bond acceptors (Lipinski definition) is 3. The highest BCUT2D eigenvalue weighted by molar-refractivity contribution is 5.77. The van der Waals surface area contributed by atoms with E-state index in [0.29, 0.717) is 6.54 Å². The normalized spacial score (nSPS) is 10.2. The van der Waals surface area contributed by atoms with Crippen molar-refractivity contribution in [3.05, 3.63) is 29.8 Å². The van der Waals surface area contributed by atoms with Crippen LogP contribution in [0.5, 0.6) is 5.75 Å². The smallest absolute Gasteiger partial charge is 0.236 e. The Morgan fingerprint density at radius 2 is 2.11 bits per heavy atom. The SMILES string of the molecule is CCN(C)C(=O)CNCCc1ccccc1OC. The monoisotopic (exact) mass is 250 g/mol. The molecule has 0 aliphatic rings. The molecule has 0 fully saturated rings. The van der Waals surface area contributed by atoms with E-state index in [0.717, 1.165) is 30.8 Å². The van der Waals surface area contributed by atoms with Crippen molar-refractivity contribution in [1.82, 2.24) is 10.2 Å². The van der Waals surface area contributed by atoms with Gasteiger partial charge in [-0.1, -0.05) is 18.2 Å². The summed E-state index contributed by atoms with van der Waals surface area (Å²) in [6, 6.07) is 7.94. The van der Waals surface area contributed by atoms with Crippen LogP contribution in [0.2, 0.25) is 0 Å². The Morgan fingerprint density at radius 3 is 2.78 bits per heavy atom. The summed E-state index contributed by atoms with van der Waals surface area (Å²) in [7, 11) is 3.48. The Balaban J connectivity index is 2.32. The van der Waals surface area contributed by atoms with Crippen LogP contribution in [0.25, 0.3) is 0 Å². The van der Waals surface area contributed by atoms with Crippen molar-refractivity contribution in [3.8, 4) is 5.75 Å². The maximum Gasteiger partial charge on any atom is 0.236 e. The van der Waals surface area contributed by atoms with Gasteiger partial charge in [-0.05, 0) is 31.5 Å². The number of para-hydroxylation sites is 1. The third kappa shape index (κ3) is 4.37. The molecule has 1 N–H and O–H groups in total. The zero-order chi connectivity index (χ0) is 13.4. The molecular formula is C14H22N2O2. The second-order valence-corrected chi connectivity index (χ2v) is 4.15. The van der Waals surface area contributed by atoms with Gasteiger partial charge >= 0.3 is 0 Å². The molecule has 0 saturated heterocycles. The Labute approximate surface area is 109 Å². The molecule has 18 heavy (non-hydrogen) atoms. The number of carbonyl (C=O) groups excluding carboxylic acids is 1. The lowest BCUT2D eigenvalue weighted by molar-refractivity contribution is -0.128. The number of ether oxygens (including phenoxy) is 1. The molecule has 4 heteroatoms. The fraction of sp³-hybridized carbons (Fsp3) is 0.500. The fourth-order valence-electron chi connectivity index (χ4n) is 1.64. The molecule has 0 spiro atoms. The van der Waals surface area contributed by atoms with Gasteiger partial charge in [0.05, 0.1) is 13.7 Å². The molecule has 0 aliphatic carbocycles. The van der Waals surface area contributed by atoms with Crippen molar-refractivity contribution in [2.24, 2.45) is 0 Å². The molecule has 0 aliphatic heterocycles. The van der Waals surface area contributed by atoms with Crippen molar-refractivity contribution in [2.75, 3.05) is 33.8 Å². The van der Waals surface area contributed by atoms with Crippen LogP contribution in [0.4, 0.5) is 0 Å². The zero-order valence-corrected chi connectivity index (χ0v) is 11.4. The summed E-state index contributed by atoms with van der Waals surface area (Å²) < 4.78 is 5.28. The third-order valence-corrected chi connectivity index (χ3v) is 2.94. The Kier molecular flexibility index (Phi) is 6.22. The minimum atomic E-state index is 0.123. The number of hydrogen-bond donors (Lipinski definition) is 1. The summed E-state index contributed by atoms with van der Waals surface area (Å²) in [5.41, 5.74) is 1.16. The van der Waals surface area contributed by atoms with Crippen LogP contribution < -0.4 is 10.1 Å². The van der Waals surface area contributed by atoms with Crippen LogP contribution in [0.1, 0.15) is 12.5 Å². The molecule has 0 saturated carbocycles. The number of rotatable bonds is 7. The second-order valence-electron chi connectivity index (χ2n) is 4.15. The van der Waals surface area contributed by atoms with Gasteiger partial charge in [0.25, 0.3) is 0 Å². The van der Waals surface area contributed by atoms with Crippen LogP contribution >= 0.6 is 0 Å². The first-order valence-electron chi connectivity index (χ1n) is 6.25. The summed E-state index contributed by atoms with van der Waals surface area (Å²) >= 11 is 0. The summed E-state index contributed by atoms with van der Waals surface area (Å²) in [6.07, 6.45) is 0.854. The highest BCUT2D eigenvalue weighted by atomic mass is 16.5. The number of benzene rings is 1. The topological polar surface area (TPSA) is 41.6 Å². The maximum absolute atomic E-state index is 11.5. The quantitative estimate of drug-likeness (QED) is 0.742. The van der Waals surface area contributed by atoms with E-state index in [1.54, 1.807) is 12.0 Å². The number of nitrogens with zero attached hydrogens (tertiary/aromatic N) is 1.